The Morgan fingerprint density at radius 2 is 1.90 bits per heavy atom. The van der Waals surface area contributed by atoms with Crippen molar-refractivity contribution in [2.75, 3.05) is 16.2 Å². The second-order valence-electron chi connectivity index (χ2n) is 7.15. The highest BCUT2D eigenvalue weighted by molar-refractivity contribution is 7.92. The number of carbonyl (C=O) groups excluding carboxylic acids is 2. The molecule has 2 amide bonds. The first-order valence-corrected chi connectivity index (χ1v) is 11.0. The van der Waals surface area contributed by atoms with Crippen LogP contribution in [-0.4, -0.2) is 32.8 Å². The van der Waals surface area contributed by atoms with Gasteiger partial charge in [-0.2, -0.15) is 0 Å². The fourth-order valence-electron chi connectivity index (χ4n) is 3.25. The maximum absolute atomic E-state index is 12.9. The molecule has 2 N–H and O–H groups in total. The minimum absolute atomic E-state index is 0.0203. The molecular formula is C21H25N3O4S. The van der Waals surface area contributed by atoms with Crippen LogP contribution < -0.4 is 14.9 Å². The van der Waals surface area contributed by atoms with Crippen molar-refractivity contribution < 1.29 is 18.0 Å². The highest BCUT2D eigenvalue weighted by Gasteiger charge is 2.25. The van der Waals surface area contributed by atoms with Gasteiger partial charge in [0, 0.05) is 25.2 Å². The second kappa shape index (κ2) is 8.24. The van der Waals surface area contributed by atoms with Crippen LogP contribution in [0, 0.1) is 0 Å². The van der Waals surface area contributed by atoms with Crippen LogP contribution in [-0.2, 0) is 21.2 Å². The molecule has 1 aliphatic rings. The van der Waals surface area contributed by atoms with Crippen molar-refractivity contribution in [1.29, 1.82) is 0 Å². The fourth-order valence-corrected chi connectivity index (χ4v) is 4.38. The molecule has 0 aliphatic carbocycles. The van der Waals surface area contributed by atoms with Gasteiger partial charge in [-0.15, -0.1) is 0 Å². The number of hydrogen-bond donors (Lipinski definition) is 2. The standard InChI is InChI=1S/C21H25N3O4S/c1-4-14(2)22-21(26)18-7-5-6-8-19(18)23-29(27,28)17-9-10-20-16(13-17)11-12-24(20)15(3)25/h5-10,13-14,23H,4,11-12H2,1-3H3,(H,22,26)/t14-/m1/s1. The maximum atomic E-state index is 12.9. The smallest absolute Gasteiger partial charge is 0.261 e. The predicted octanol–water partition coefficient (Wildman–Crippen LogP) is 2.92. The van der Waals surface area contributed by atoms with Gasteiger partial charge < -0.3 is 10.2 Å². The minimum Gasteiger partial charge on any atom is -0.350 e. The average molecular weight is 416 g/mol. The summed E-state index contributed by atoms with van der Waals surface area (Å²) in [6, 6.07) is 11.2. The van der Waals surface area contributed by atoms with Crippen molar-refractivity contribution >= 4 is 33.2 Å². The molecule has 0 spiro atoms. The Morgan fingerprint density at radius 1 is 1.17 bits per heavy atom. The number of carbonyl (C=O) groups is 2. The fraction of sp³-hybridized carbons (Fsp3) is 0.333. The number of nitrogens with one attached hydrogen (secondary N) is 2. The molecule has 0 saturated carbocycles. The van der Waals surface area contributed by atoms with Crippen molar-refractivity contribution in [2.45, 2.75) is 44.6 Å². The molecule has 29 heavy (non-hydrogen) atoms. The number of benzene rings is 2. The Labute approximate surface area is 171 Å². The van der Waals surface area contributed by atoms with Crippen LogP contribution in [0.25, 0.3) is 0 Å². The van der Waals surface area contributed by atoms with Gasteiger partial charge in [-0.25, -0.2) is 8.42 Å². The number of hydrogen-bond acceptors (Lipinski definition) is 4. The van der Waals surface area contributed by atoms with E-state index in [0.717, 1.165) is 17.7 Å². The van der Waals surface area contributed by atoms with Gasteiger partial charge >= 0.3 is 0 Å². The van der Waals surface area contributed by atoms with Gasteiger partial charge in [-0.1, -0.05) is 19.1 Å². The van der Waals surface area contributed by atoms with Crippen molar-refractivity contribution in [3.05, 3.63) is 53.6 Å². The molecule has 0 unspecified atom stereocenters. The Hall–Kier alpha value is -2.87. The van der Waals surface area contributed by atoms with Gasteiger partial charge in [0.2, 0.25) is 5.91 Å². The molecule has 154 valence electrons. The first-order valence-electron chi connectivity index (χ1n) is 9.56. The van der Waals surface area contributed by atoms with E-state index in [2.05, 4.69) is 10.0 Å². The SMILES string of the molecule is CC[C@@H](C)NC(=O)c1ccccc1NS(=O)(=O)c1ccc2c(c1)CCN2C(C)=O. The van der Waals surface area contributed by atoms with Crippen molar-refractivity contribution in [2.24, 2.45) is 0 Å². The molecule has 1 aliphatic heterocycles. The molecule has 0 radical (unpaired) electrons. The van der Waals surface area contributed by atoms with Gasteiger partial charge in [0.15, 0.2) is 0 Å². The molecule has 2 aromatic rings. The summed E-state index contributed by atoms with van der Waals surface area (Å²) in [5, 5.41) is 2.85. The predicted molar refractivity (Wildman–Crippen MR) is 113 cm³/mol. The van der Waals surface area contributed by atoms with Gasteiger partial charge in [0.05, 0.1) is 16.1 Å². The summed E-state index contributed by atoms with van der Waals surface area (Å²) >= 11 is 0. The van der Waals surface area contributed by atoms with E-state index in [4.69, 9.17) is 0 Å². The summed E-state index contributed by atoms with van der Waals surface area (Å²) in [4.78, 5) is 25.9. The zero-order valence-electron chi connectivity index (χ0n) is 16.7. The van der Waals surface area contributed by atoms with E-state index in [9.17, 15) is 18.0 Å². The van der Waals surface area contributed by atoms with Crippen LogP contribution in [0.15, 0.2) is 47.4 Å². The number of fused-ring (bicyclic) bond motifs is 1. The number of anilines is 2. The summed E-state index contributed by atoms with van der Waals surface area (Å²) in [6.07, 6.45) is 1.37. The number of para-hydroxylation sites is 1. The summed E-state index contributed by atoms with van der Waals surface area (Å²) in [5.74, 6) is -0.401. The lowest BCUT2D eigenvalue weighted by molar-refractivity contribution is -0.116. The van der Waals surface area contributed by atoms with Gasteiger partial charge in [0.25, 0.3) is 15.9 Å². The van der Waals surface area contributed by atoms with E-state index in [1.807, 2.05) is 13.8 Å². The third kappa shape index (κ3) is 4.42. The largest absolute Gasteiger partial charge is 0.350 e. The van der Waals surface area contributed by atoms with E-state index in [1.54, 1.807) is 41.3 Å². The molecule has 0 fully saturated rings. The minimum atomic E-state index is -3.90. The average Bonchev–Trinajstić information content (AvgIpc) is 3.11. The highest BCUT2D eigenvalue weighted by Crippen LogP contribution is 2.31. The van der Waals surface area contributed by atoms with Crippen molar-refractivity contribution in [3.63, 3.8) is 0 Å². The summed E-state index contributed by atoms with van der Waals surface area (Å²) in [5.41, 5.74) is 2.04. The molecule has 0 aromatic heterocycles. The molecule has 3 rings (SSSR count). The molecule has 0 bridgehead atoms. The lowest BCUT2D eigenvalue weighted by Crippen LogP contribution is -2.32. The normalized spacial score (nSPS) is 14.2. The highest BCUT2D eigenvalue weighted by atomic mass is 32.2. The number of rotatable bonds is 6. The topological polar surface area (TPSA) is 95.6 Å². The first-order chi connectivity index (χ1) is 13.7. The molecule has 1 heterocycles. The summed E-state index contributed by atoms with van der Waals surface area (Å²) < 4.78 is 28.4. The Morgan fingerprint density at radius 3 is 2.59 bits per heavy atom. The number of amides is 2. The van der Waals surface area contributed by atoms with E-state index in [1.165, 1.54) is 13.0 Å². The number of nitrogens with zero attached hydrogens (tertiary/aromatic N) is 1. The summed E-state index contributed by atoms with van der Waals surface area (Å²) in [6.45, 7) is 5.88. The third-order valence-electron chi connectivity index (χ3n) is 5.04. The zero-order chi connectivity index (χ0) is 21.2. The van der Waals surface area contributed by atoms with Crippen molar-refractivity contribution in [3.8, 4) is 0 Å². The lowest BCUT2D eigenvalue weighted by atomic mass is 10.1. The van der Waals surface area contributed by atoms with E-state index < -0.39 is 10.0 Å². The van der Waals surface area contributed by atoms with Crippen LogP contribution in [0.3, 0.4) is 0 Å². The van der Waals surface area contributed by atoms with Gasteiger partial charge in [0.1, 0.15) is 0 Å². The van der Waals surface area contributed by atoms with E-state index in [0.29, 0.717) is 13.0 Å². The first kappa shape index (κ1) is 20.9. The lowest BCUT2D eigenvalue weighted by Gasteiger charge is -2.16. The Balaban J connectivity index is 1.88. The van der Waals surface area contributed by atoms with Crippen LogP contribution in [0.2, 0.25) is 0 Å². The summed E-state index contributed by atoms with van der Waals surface area (Å²) in [7, 11) is -3.90. The molecule has 1 atom stereocenters. The van der Waals surface area contributed by atoms with Crippen LogP contribution in [0.5, 0.6) is 0 Å². The molecule has 0 saturated heterocycles. The van der Waals surface area contributed by atoms with Crippen molar-refractivity contribution in [1.82, 2.24) is 5.32 Å². The van der Waals surface area contributed by atoms with Gasteiger partial charge in [-0.05, 0) is 55.7 Å². The molecule has 2 aromatic carbocycles. The molecular weight excluding hydrogens is 390 g/mol. The zero-order valence-corrected chi connectivity index (χ0v) is 17.5. The quantitative estimate of drug-likeness (QED) is 0.758. The van der Waals surface area contributed by atoms with Crippen LogP contribution >= 0.6 is 0 Å². The monoisotopic (exact) mass is 415 g/mol. The molecule has 8 heteroatoms. The van der Waals surface area contributed by atoms with Crippen LogP contribution in [0.1, 0.15) is 43.1 Å². The number of sulfonamides is 1. The van der Waals surface area contributed by atoms with E-state index in [-0.39, 0.29) is 34.0 Å². The Kier molecular flexibility index (Phi) is 5.93. The Bertz CT molecular complexity index is 1050. The molecule has 7 nitrogen and oxygen atoms in total. The second-order valence-corrected chi connectivity index (χ2v) is 8.83. The third-order valence-corrected chi connectivity index (χ3v) is 6.41. The van der Waals surface area contributed by atoms with E-state index >= 15 is 0 Å². The van der Waals surface area contributed by atoms with Gasteiger partial charge in [-0.3, -0.25) is 14.3 Å². The van der Waals surface area contributed by atoms with Crippen LogP contribution in [0.4, 0.5) is 11.4 Å². The maximum Gasteiger partial charge on any atom is 0.261 e.